The lowest BCUT2D eigenvalue weighted by Gasteiger charge is -2.14. The van der Waals surface area contributed by atoms with E-state index in [4.69, 9.17) is 9.47 Å². The molecule has 0 atom stereocenters. The van der Waals surface area contributed by atoms with Gasteiger partial charge in [0.15, 0.2) is 0 Å². The van der Waals surface area contributed by atoms with Gasteiger partial charge in [-0.3, -0.25) is 4.79 Å². The van der Waals surface area contributed by atoms with Gasteiger partial charge in [0.25, 0.3) is 0 Å². The molecule has 2 rings (SSSR count). The van der Waals surface area contributed by atoms with Crippen LogP contribution >= 0.6 is 15.9 Å². The van der Waals surface area contributed by atoms with E-state index in [-0.39, 0.29) is 18.1 Å². The molecule has 2 aromatic rings. The van der Waals surface area contributed by atoms with E-state index < -0.39 is 0 Å². The second-order valence-electron chi connectivity index (χ2n) is 6.58. The van der Waals surface area contributed by atoms with Gasteiger partial charge in [-0.25, -0.2) is 0 Å². The zero-order valence-corrected chi connectivity index (χ0v) is 18.0. The molecule has 0 spiro atoms. The first kappa shape index (κ1) is 22.0. The lowest BCUT2D eigenvalue weighted by molar-refractivity contribution is -0.140. The first-order chi connectivity index (χ1) is 13.4. The van der Waals surface area contributed by atoms with Crippen molar-refractivity contribution in [3.8, 4) is 11.5 Å². The van der Waals surface area contributed by atoms with Gasteiger partial charge in [-0.15, -0.1) is 0 Å². The second-order valence-corrected chi connectivity index (χ2v) is 7.54. The predicted molar refractivity (Wildman–Crippen MR) is 115 cm³/mol. The van der Waals surface area contributed by atoms with Crippen LogP contribution in [0, 0.1) is 0 Å². The third kappa shape index (κ3) is 6.69. The van der Waals surface area contributed by atoms with Crippen LogP contribution in [-0.2, 0) is 9.53 Å². The van der Waals surface area contributed by atoms with E-state index in [1.54, 1.807) is 12.1 Å². The zero-order valence-electron chi connectivity index (χ0n) is 16.4. The minimum absolute atomic E-state index is 0.207. The summed E-state index contributed by atoms with van der Waals surface area (Å²) in [4.78, 5) is 13.6. The number of likely N-dealkylation sites (N-methyl/N-ethyl adjacent to an activating group) is 1. The van der Waals surface area contributed by atoms with E-state index >= 15 is 0 Å². The van der Waals surface area contributed by atoms with Gasteiger partial charge in [0.05, 0.1) is 13.5 Å². The molecule has 2 aromatic carbocycles. The Bertz CT molecular complexity index is 798. The molecule has 0 saturated heterocycles. The van der Waals surface area contributed by atoms with Crippen molar-refractivity contribution in [1.29, 1.82) is 0 Å². The molecule has 1 N–H and O–H groups in total. The van der Waals surface area contributed by atoms with E-state index in [1.165, 1.54) is 7.11 Å². The smallest absolute Gasteiger partial charge is 0.305 e. The van der Waals surface area contributed by atoms with Crippen molar-refractivity contribution in [2.24, 2.45) is 0 Å². The van der Waals surface area contributed by atoms with E-state index in [1.807, 2.05) is 50.5 Å². The molecule has 0 aliphatic rings. The van der Waals surface area contributed by atoms with Crippen molar-refractivity contribution in [2.45, 2.75) is 12.8 Å². The number of hydrogen-bond donors (Lipinski definition) is 1. The maximum Gasteiger partial charge on any atom is 0.305 e. The summed E-state index contributed by atoms with van der Waals surface area (Å²) in [7, 11) is 5.40. The maximum atomic E-state index is 11.5. The molecule has 0 saturated carbocycles. The minimum atomic E-state index is -0.258. The number of aromatic hydroxyl groups is 1. The lowest BCUT2D eigenvalue weighted by atomic mass is 9.96. The van der Waals surface area contributed by atoms with Crippen molar-refractivity contribution in [1.82, 2.24) is 4.90 Å². The Balaban J connectivity index is 2.28. The Hall–Kier alpha value is -2.31. The van der Waals surface area contributed by atoms with Crippen LogP contribution < -0.4 is 4.74 Å². The quantitative estimate of drug-likeness (QED) is 0.575. The van der Waals surface area contributed by atoms with Crippen LogP contribution in [-0.4, -0.2) is 50.3 Å². The number of carbonyl (C=O) groups is 1. The molecule has 6 heteroatoms. The molecule has 0 aliphatic carbocycles. The molecule has 0 heterocycles. The highest BCUT2D eigenvalue weighted by molar-refractivity contribution is 9.11. The first-order valence-corrected chi connectivity index (χ1v) is 9.83. The molecular formula is C22H26BrNO4. The lowest BCUT2D eigenvalue weighted by Crippen LogP contribution is -2.19. The number of hydrogen-bond acceptors (Lipinski definition) is 5. The number of phenols is 1. The van der Waals surface area contributed by atoms with Crippen molar-refractivity contribution < 1.29 is 19.4 Å². The number of ether oxygens (including phenoxy) is 2. The Labute approximate surface area is 174 Å². The van der Waals surface area contributed by atoms with Crippen LogP contribution in [0.3, 0.4) is 0 Å². The highest BCUT2D eigenvalue weighted by Crippen LogP contribution is 2.34. The van der Waals surface area contributed by atoms with Crippen LogP contribution in [0.15, 0.2) is 53.0 Å². The average molecular weight is 448 g/mol. The summed E-state index contributed by atoms with van der Waals surface area (Å²) >= 11 is 3.64. The summed E-state index contributed by atoms with van der Waals surface area (Å²) in [6.45, 7) is 1.47. The standard InChI is InChI=1S/C22H26BrNO4/c1-24(2)14-15-28-19-10-6-17(7-11-19)22(16-4-8-18(25)9-5-16)20(23)12-13-21(26)27-3/h4-11,25H,12-15H2,1-3H3/b22-20+. The van der Waals surface area contributed by atoms with Crippen LogP contribution in [0.2, 0.25) is 0 Å². The molecule has 5 nitrogen and oxygen atoms in total. The van der Waals surface area contributed by atoms with Gasteiger partial charge in [0.1, 0.15) is 18.1 Å². The average Bonchev–Trinajstić information content (AvgIpc) is 2.68. The normalized spacial score (nSPS) is 11.9. The summed E-state index contributed by atoms with van der Waals surface area (Å²) in [5.74, 6) is 0.756. The number of carbonyl (C=O) groups excluding carboxylic acids is 1. The molecular weight excluding hydrogens is 422 g/mol. The predicted octanol–water partition coefficient (Wildman–Crippen LogP) is 4.44. The fraction of sp³-hybridized carbons (Fsp3) is 0.318. The van der Waals surface area contributed by atoms with Crippen molar-refractivity contribution in [3.05, 3.63) is 64.1 Å². The third-order valence-electron chi connectivity index (χ3n) is 4.15. The number of rotatable bonds is 9. The topological polar surface area (TPSA) is 59.0 Å². The van der Waals surface area contributed by atoms with Gasteiger partial charge in [0, 0.05) is 11.0 Å². The first-order valence-electron chi connectivity index (χ1n) is 9.03. The molecule has 0 radical (unpaired) electrons. The number of methoxy groups -OCH3 is 1. The SMILES string of the molecule is COC(=O)CC/C(Br)=C(/c1ccc(O)cc1)c1ccc(OCCN(C)C)cc1. The summed E-state index contributed by atoms with van der Waals surface area (Å²) in [6.07, 6.45) is 0.800. The van der Waals surface area contributed by atoms with Crippen molar-refractivity contribution in [3.63, 3.8) is 0 Å². The number of allylic oxidation sites excluding steroid dienone is 1. The Morgan fingerprint density at radius 3 is 2.11 bits per heavy atom. The fourth-order valence-electron chi connectivity index (χ4n) is 2.61. The van der Waals surface area contributed by atoms with Crippen molar-refractivity contribution in [2.75, 3.05) is 34.4 Å². The highest BCUT2D eigenvalue weighted by atomic mass is 79.9. The summed E-state index contributed by atoms with van der Waals surface area (Å²) in [5, 5.41) is 9.60. The van der Waals surface area contributed by atoms with Gasteiger partial charge < -0.3 is 19.5 Å². The van der Waals surface area contributed by atoms with E-state index in [0.29, 0.717) is 13.0 Å². The molecule has 0 unspecified atom stereocenters. The largest absolute Gasteiger partial charge is 0.508 e. The number of esters is 1. The fourth-order valence-corrected chi connectivity index (χ4v) is 3.27. The Kier molecular flexibility index (Phi) is 8.54. The van der Waals surface area contributed by atoms with Crippen LogP contribution in [0.4, 0.5) is 0 Å². The molecule has 0 bridgehead atoms. The number of benzene rings is 2. The van der Waals surface area contributed by atoms with Gasteiger partial charge in [-0.05, 0) is 61.5 Å². The summed E-state index contributed by atoms with van der Waals surface area (Å²) in [5.41, 5.74) is 2.89. The van der Waals surface area contributed by atoms with E-state index in [9.17, 15) is 9.90 Å². The highest BCUT2D eigenvalue weighted by Gasteiger charge is 2.13. The molecule has 0 fully saturated rings. The molecule has 0 aromatic heterocycles. The zero-order chi connectivity index (χ0) is 20.5. The second kappa shape index (κ2) is 10.9. The van der Waals surface area contributed by atoms with Gasteiger partial charge in [-0.2, -0.15) is 0 Å². The van der Waals surface area contributed by atoms with Crippen molar-refractivity contribution >= 4 is 27.5 Å². The van der Waals surface area contributed by atoms with Crippen LogP contribution in [0.5, 0.6) is 11.5 Å². The van der Waals surface area contributed by atoms with Gasteiger partial charge in [-0.1, -0.05) is 40.2 Å². The minimum Gasteiger partial charge on any atom is -0.508 e. The molecule has 150 valence electrons. The Morgan fingerprint density at radius 1 is 1.00 bits per heavy atom. The van der Waals surface area contributed by atoms with E-state index in [2.05, 4.69) is 20.8 Å². The summed E-state index contributed by atoms with van der Waals surface area (Å²) in [6, 6.07) is 14.9. The van der Waals surface area contributed by atoms with Gasteiger partial charge in [0.2, 0.25) is 0 Å². The molecule has 0 aliphatic heterocycles. The molecule has 0 amide bonds. The van der Waals surface area contributed by atoms with E-state index in [0.717, 1.165) is 33.5 Å². The number of halogens is 1. The molecule has 28 heavy (non-hydrogen) atoms. The van der Waals surface area contributed by atoms with Crippen LogP contribution in [0.1, 0.15) is 24.0 Å². The third-order valence-corrected chi connectivity index (χ3v) is 4.95. The summed E-state index contributed by atoms with van der Waals surface area (Å²) < 4.78 is 11.4. The maximum absolute atomic E-state index is 11.5. The Morgan fingerprint density at radius 2 is 1.57 bits per heavy atom. The number of nitrogens with zero attached hydrogens (tertiary/aromatic N) is 1. The monoisotopic (exact) mass is 447 g/mol. The number of phenolic OH excluding ortho intramolecular Hbond substituents is 1. The van der Waals surface area contributed by atoms with Gasteiger partial charge >= 0.3 is 5.97 Å². The van der Waals surface area contributed by atoms with Crippen LogP contribution in [0.25, 0.3) is 5.57 Å².